The Balaban J connectivity index is 0.000000245. The summed E-state index contributed by atoms with van der Waals surface area (Å²) in [6, 6.07) is 47.5. The molecule has 1 aliphatic carbocycles. The maximum absolute atomic E-state index is 7.76. The van der Waals surface area contributed by atoms with Gasteiger partial charge < -0.3 is 9.97 Å². The molecule has 6 aromatic carbocycles. The molecule has 3 heteroatoms. The van der Waals surface area contributed by atoms with E-state index in [9.17, 15) is 0 Å². The first kappa shape index (κ1) is 28.1. The minimum absolute atomic E-state index is 0. The van der Waals surface area contributed by atoms with E-state index >= 15 is 0 Å². The van der Waals surface area contributed by atoms with Gasteiger partial charge in [0.05, 0.1) is 0 Å². The van der Waals surface area contributed by atoms with Crippen molar-refractivity contribution in [3.63, 3.8) is 0 Å². The Kier molecular flexibility index (Phi) is 7.36. The molecule has 0 aliphatic heterocycles. The molecule has 0 unspecified atom stereocenters. The number of aromatic nitrogens is 2. The van der Waals surface area contributed by atoms with Crippen LogP contribution in [0.1, 0.15) is 40.2 Å². The number of nitrogens with zero attached hydrogens (tertiary/aromatic N) is 2. The number of hydrogen-bond donors (Lipinski definition) is 0. The van der Waals surface area contributed by atoms with Crippen molar-refractivity contribution < 1.29 is 24.2 Å². The Morgan fingerprint density at radius 2 is 1.35 bits per heavy atom. The van der Waals surface area contributed by atoms with Gasteiger partial charge in [0.2, 0.25) is 0 Å². The first-order valence-electron chi connectivity index (χ1n) is 17.4. The van der Waals surface area contributed by atoms with E-state index in [-0.39, 0.29) is 25.5 Å². The quantitative estimate of drug-likeness (QED) is 0.129. The molecular weight excluding hydrogens is 761 g/mol. The first-order chi connectivity index (χ1) is 24.1. The molecule has 9 rings (SSSR count). The maximum atomic E-state index is 7.76. The Morgan fingerprint density at radius 3 is 2.19 bits per heavy atom. The van der Waals surface area contributed by atoms with E-state index in [4.69, 9.17) is 9.10 Å². The molecule has 0 amide bonds. The van der Waals surface area contributed by atoms with Crippen LogP contribution in [-0.4, -0.2) is 9.97 Å². The van der Waals surface area contributed by atoms with Crippen LogP contribution < -0.4 is 0 Å². The van der Waals surface area contributed by atoms with Crippen molar-refractivity contribution in [3.8, 4) is 33.6 Å². The number of hydrogen-bond acceptors (Lipinski definition) is 2. The predicted molar refractivity (Wildman–Crippen MR) is 197 cm³/mol. The normalized spacial score (nSPS) is 13.8. The zero-order valence-corrected chi connectivity index (χ0v) is 29.3. The summed E-state index contributed by atoms with van der Waals surface area (Å²) in [6.45, 7) is 4.52. The monoisotopic (exact) mass is 798 g/mol. The van der Waals surface area contributed by atoms with E-state index in [0.717, 1.165) is 54.8 Å². The van der Waals surface area contributed by atoms with Crippen molar-refractivity contribution in [2.24, 2.45) is 0 Å². The molecule has 2 nitrogen and oxygen atoms in total. The van der Waals surface area contributed by atoms with Gasteiger partial charge in [-0.1, -0.05) is 109 Å². The second kappa shape index (κ2) is 12.6. The van der Waals surface area contributed by atoms with Gasteiger partial charge in [-0.25, -0.2) is 0 Å². The summed E-state index contributed by atoms with van der Waals surface area (Å²) in [6.07, 6.45) is 3.70. The number of benzene rings is 6. The van der Waals surface area contributed by atoms with Gasteiger partial charge in [0.15, 0.2) is 0 Å². The number of pyridine rings is 2. The Labute approximate surface area is 300 Å². The zero-order chi connectivity index (χ0) is 34.6. The fourth-order valence-corrected chi connectivity index (χ4v) is 7.04. The second-order valence-corrected chi connectivity index (χ2v) is 12.8. The Bertz CT molecular complexity index is 2580. The molecule has 0 saturated carbocycles. The van der Waals surface area contributed by atoms with Crippen molar-refractivity contribution in [1.82, 2.24) is 9.97 Å². The second-order valence-electron chi connectivity index (χ2n) is 12.8. The van der Waals surface area contributed by atoms with Crippen LogP contribution in [0.5, 0.6) is 0 Å². The molecule has 8 aromatic rings. The van der Waals surface area contributed by atoms with Crippen LogP contribution in [0.3, 0.4) is 0 Å². The van der Waals surface area contributed by atoms with Crippen LogP contribution in [0.15, 0.2) is 134 Å². The smallest absolute Gasteiger partial charge is 0.0280 e. The van der Waals surface area contributed by atoms with Gasteiger partial charge in [0.25, 0.3) is 0 Å². The minimum atomic E-state index is -2.12. The molecule has 2 aromatic heterocycles. The number of fused-ring (bicyclic) bond motifs is 8. The minimum Gasteiger partial charge on any atom is -0.305 e. The van der Waals surface area contributed by atoms with E-state index in [1.165, 1.54) is 27.8 Å². The Hall–Kier alpha value is -4.95. The van der Waals surface area contributed by atoms with Crippen molar-refractivity contribution in [2.75, 3.05) is 0 Å². The van der Waals surface area contributed by atoms with E-state index in [1.54, 1.807) is 12.1 Å². The largest absolute Gasteiger partial charge is 0.305 e. The van der Waals surface area contributed by atoms with E-state index in [1.807, 2.05) is 54.9 Å². The van der Waals surface area contributed by atoms with Gasteiger partial charge in [-0.15, -0.1) is 65.2 Å². The summed E-state index contributed by atoms with van der Waals surface area (Å²) in [7, 11) is 0. The van der Waals surface area contributed by atoms with Crippen molar-refractivity contribution >= 4 is 32.3 Å². The molecule has 2 heterocycles. The van der Waals surface area contributed by atoms with Crippen LogP contribution in [0, 0.1) is 25.9 Å². The number of aryl methyl sites for hydroxylation is 2. The van der Waals surface area contributed by atoms with Crippen molar-refractivity contribution in [3.05, 3.63) is 168 Å². The van der Waals surface area contributed by atoms with Crippen LogP contribution in [-0.2, 0) is 25.5 Å². The Morgan fingerprint density at radius 1 is 0.604 bits per heavy atom. The fourth-order valence-electron chi connectivity index (χ4n) is 7.04. The molecule has 235 valence electrons. The summed E-state index contributed by atoms with van der Waals surface area (Å²) in [5, 5.41) is 6.43. The summed E-state index contributed by atoms with van der Waals surface area (Å²) >= 11 is 0. The van der Waals surface area contributed by atoms with Crippen LogP contribution in [0.4, 0.5) is 0 Å². The molecule has 48 heavy (non-hydrogen) atoms. The molecule has 0 N–H and O–H groups in total. The average Bonchev–Trinajstić information content (AvgIpc) is 3.36. The third-order valence-electron chi connectivity index (χ3n) is 9.43. The summed E-state index contributed by atoms with van der Waals surface area (Å²) < 4.78 is 23.3. The summed E-state index contributed by atoms with van der Waals surface area (Å²) in [4.78, 5) is 9.09. The topological polar surface area (TPSA) is 25.8 Å². The third-order valence-corrected chi connectivity index (χ3v) is 9.43. The molecule has 0 atom stereocenters. The molecule has 0 fully saturated rings. The van der Waals surface area contributed by atoms with E-state index in [2.05, 4.69) is 105 Å². The third kappa shape index (κ3) is 5.44. The van der Waals surface area contributed by atoms with E-state index in [0.29, 0.717) is 5.56 Å². The SMILES string of the molecule is Cc1ccnc(-c2[c-]cccc2)c1.[2H]C([2H])([2H])c1ccc2c(ccc3c4ccnc(-c5[c-]cc6c(c5)C(C)(C)c5ccccc5-6)c4ccc23)c1.[Ir]. The van der Waals surface area contributed by atoms with Gasteiger partial charge in [-0.3, -0.25) is 0 Å². The van der Waals surface area contributed by atoms with Gasteiger partial charge >= 0.3 is 0 Å². The predicted octanol–water partition coefficient (Wildman–Crippen LogP) is 11.5. The van der Waals surface area contributed by atoms with E-state index < -0.39 is 6.85 Å². The van der Waals surface area contributed by atoms with Gasteiger partial charge in [-0.2, -0.15) is 0 Å². The standard InChI is InChI=1S/C33H24N.C12H10N.Ir/c1-20-8-11-23-21(18-20)9-12-25-24(23)14-15-29-26(25)16-17-34-32(29)22-10-13-28-27-6-4-5-7-30(27)33(2,3)31(28)19-22;1-10-7-8-13-12(9-10)11-5-3-2-4-6-11;/h4-9,11-19H,1-3H3;2-5,7-9H,1H3;/q2*-1;/i1D3;;. The average molecular weight is 798 g/mol. The van der Waals surface area contributed by atoms with Crippen LogP contribution in [0.25, 0.3) is 66.0 Å². The van der Waals surface area contributed by atoms with Crippen molar-refractivity contribution in [1.29, 1.82) is 0 Å². The molecule has 0 spiro atoms. The summed E-state index contributed by atoms with van der Waals surface area (Å²) in [5.74, 6) is 0. The fraction of sp³-hybridized carbons (Fsp3) is 0.111. The van der Waals surface area contributed by atoms with Gasteiger partial charge in [-0.05, 0) is 80.6 Å². The summed E-state index contributed by atoms with van der Waals surface area (Å²) in [5.41, 5.74) is 10.6. The maximum Gasteiger partial charge on any atom is 0.0280 e. The zero-order valence-electron chi connectivity index (χ0n) is 29.9. The number of rotatable bonds is 2. The molecule has 1 radical (unpaired) electrons. The van der Waals surface area contributed by atoms with Gasteiger partial charge in [0.1, 0.15) is 0 Å². The molecule has 0 bridgehead atoms. The molecular formula is C45H34IrN2-2. The van der Waals surface area contributed by atoms with Gasteiger partial charge in [0, 0.05) is 36.6 Å². The van der Waals surface area contributed by atoms with Crippen molar-refractivity contribution in [2.45, 2.75) is 33.0 Å². The molecule has 0 saturated heterocycles. The van der Waals surface area contributed by atoms with Crippen LogP contribution in [0.2, 0.25) is 0 Å². The molecule has 1 aliphatic rings. The first-order valence-corrected chi connectivity index (χ1v) is 15.9. The van der Waals surface area contributed by atoms with Crippen LogP contribution >= 0.6 is 0 Å².